The van der Waals surface area contributed by atoms with E-state index in [-0.39, 0.29) is 0 Å². The van der Waals surface area contributed by atoms with Crippen molar-refractivity contribution >= 4 is 39.0 Å². The van der Waals surface area contributed by atoms with Crippen molar-refractivity contribution in [3.05, 3.63) is 224 Å². The maximum absolute atomic E-state index is 6.49. The molecule has 0 atom stereocenters. The van der Waals surface area contributed by atoms with Gasteiger partial charge in [-0.2, -0.15) is 0 Å². The average molecular weight is 716 g/mol. The maximum atomic E-state index is 6.49. The molecular weight excluding hydrogens is 679 g/mol. The van der Waals surface area contributed by atoms with Crippen molar-refractivity contribution < 1.29 is 4.42 Å². The average Bonchev–Trinajstić information content (AvgIpc) is 3.66. The van der Waals surface area contributed by atoms with Gasteiger partial charge in [0.1, 0.15) is 11.2 Å². The highest BCUT2D eigenvalue weighted by atomic mass is 16.3. The Kier molecular flexibility index (Phi) is 8.55. The van der Waals surface area contributed by atoms with Crippen LogP contribution in [0.3, 0.4) is 0 Å². The molecule has 0 spiro atoms. The van der Waals surface area contributed by atoms with E-state index in [2.05, 4.69) is 217 Å². The zero-order chi connectivity index (χ0) is 37.3. The fourth-order valence-electron chi connectivity index (χ4n) is 8.09. The van der Waals surface area contributed by atoms with Gasteiger partial charge >= 0.3 is 0 Å². The lowest BCUT2D eigenvalue weighted by Gasteiger charge is -2.30. The van der Waals surface area contributed by atoms with E-state index >= 15 is 0 Å². The summed E-state index contributed by atoms with van der Waals surface area (Å²) in [6.45, 7) is 0. The first-order chi connectivity index (χ1) is 27.8. The first-order valence-electron chi connectivity index (χ1n) is 19.1. The van der Waals surface area contributed by atoms with Crippen molar-refractivity contribution in [1.82, 2.24) is 0 Å². The van der Waals surface area contributed by atoms with E-state index in [1.165, 1.54) is 27.8 Å². The molecule has 0 aliphatic heterocycles. The quantitative estimate of drug-likeness (QED) is 0.156. The van der Waals surface area contributed by atoms with Crippen LogP contribution < -0.4 is 4.90 Å². The Morgan fingerprint density at radius 3 is 1.25 bits per heavy atom. The SMILES string of the molecule is c1ccc(-c2ccccc2-c2ccccc2-c2ccc(N(c3ccc4c(c3)oc3ccccc34)c3c(-c4ccccc4)cccc3-c3ccccc3)cc2)cc1. The Morgan fingerprint density at radius 2 is 0.679 bits per heavy atom. The summed E-state index contributed by atoms with van der Waals surface area (Å²) in [7, 11) is 0. The van der Waals surface area contributed by atoms with Crippen molar-refractivity contribution in [2.24, 2.45) is 0 Å². The molecular formula is C54H37NO. The van der Waals surface area contributed by atoms with Gasteiger partial charge in [-0.1, -0.05) is 188 Å². The Balaban J connectivity index is 1.17. The van der Waals surface area contributed by atoms with Gasteiger partial charge in [0.05, 0.1) is 5.69 Å². The molecule has 10 rings (SSSR count). The molecule has 10 aromatic rings. The number of para-hydroxylation sites is 2. The Hall–Kier alpha value is -7.42. The standard InChI is InChI=1S/C54H37NO/c1-4-17-38(18-5-1)44-23-10-12-25-48(44)49-26-13-11-24-45(49)41-31-33-42(34-32-41)55(43-35-36-51-50-27-14-15-30-52(50)56-53(51)37-43)54-46(39-19-6-2-7-20-39)28-16-29-47(54)40-21-8-3-9-22-40/h1-37H. The van der Waals surface area contributed by atoms with Crippen LogP contribution >= 0.6 is 0 Å². The van der Waals surface area contributed by atoms with Crippen LogP contribution in [0.5, 0.6) is 0 Å². The van der Waals surface area contributed by atoms with Gasteiger partial charge in [-0.3, -0.25) is 0 Å². The fourth-order valence-corrected chi connectivity index (χ4v) is 8.09. The third-order valence-electron chi connectivity index (χ3n) is 10.7. The summed E-state index contributed by atoms with van der Waals surface area (Å²) in [5.74, 6) is 0. The van der Waals surface area contributed by atoms with Crippen molar-refractivity contribution in [3.8, 4) is 55.6 Å². The first-order valence-corrected chi connectivity index (χ1v) is 19.1. The normalized spacial score (nSPS) is 11.2. The molecule has 2 nitrogen and oxygen atoms in total. The van der Waals surface area contributed by atoms with Gasteiger partial charge in [-0.25, -0.2) is 0 Å². The molecule has 1 heterocycles. The van der Waals surface area contributed by atoms with E-state index in [4.69, 9.17) is 4.42 Å². The molecule has 264 valence electrons. The predicted molar refractivity (Wildman–Crippen MR) is 236 cm³/mol. The smallest absolute Gasteiger partial charge is 0.137 e. The lowest BCUT2D eigenvalue weighted by molar-refractivity contribution is 0.669. The van der Waals surface area contributed by atoms with Crippen molar-refractivity contribution in [1.29, 1.82) is 0 Å². The van der Waals surface area contributed by atoms with Gasteiger partial charge < -0.3 is 9.32 Å². The van der Waals surface area contributed by atoms with E-state index in [1.54, 1.807) is 0 Å². The summed E-state index contributed by atoms with van der Waals surface area (Å²) >= 11 is 0. The van der Waals surface area contributed by atoms with Crippen molar-refractivity contribution in [2.75, 3.05) is 4.90 Å². The number of fused-ring (bicyclic) bond motifs is 3. The third-order valence-corrected chi connectivity index (χ3v) is 10.7. The summed E-state index contributed by atoms with van der Waals surface area (Å²) in [5.41, 5.74) is 16.7. The van der Waals surface area contributed by atoms with Crippen LogP contribution in [0, 0.1) is 0 Å². The van der Waals surface area contributed by atoms with Gasteiger partial charge in [0.25, 0.3) is 0 Å². The largest absolute Gasteiger partial charge is 0.456 e. The third kappa shape index (κ3) is 6.04. The number of furan rings is 1. The van der Waals surface area contributed by atoms with E-state index in [0.29, 0.717) is 0 Å². The Bertz CT molecular complexity index is 2890. The molecule has 0 amide bonds. The molecule has 0 aliphatic rings. The maximum Gasteiger partial charge on any atom is 0.137 e. The number of hydrogen-bond acceptors (Lipinski definition) is 2. The minimum atomic E-state index is 0.856. The second-order valence-electron chi connectivity index (χ2n) is 14.1. The van der Waals surface area contributed by atoms with Crippen LogP contribution in [0.1, 0.15) is 0 Å². The molecule has 0 N–H and O–H groups in total. The lowest BCUT2D eigenvalue weighted by Crippen LogP contribution is -2.12. The van der Waals surface area contributed by atoms with Crippen molar-refractivity contribution in [3.63, 3.8) is 0 Å². The highest BCUT2D eigenvalue weighted by Gasteiger charge is 2.23. The Labute approximate surface area is 327 Å². The zero-order valence-corrected chi connectivity index (χ0v) is 30.7. The molecule has 1 aromatic heterocycles. The number of rotatable bonds is 8. The van der Waals surface area contributed by atoms with E-state index in [0.717, 1.165) is 66.8 Å². The molecule has 9 aromatic carbocycles. The summed E-state index contributed by atoms with van der Waals surface area (Å²) in [6.07, 6.45) is 0. The van der Waals surface area contributed by atoms with Crippen LogP contribution in [0.4, 0.5) is 17.1 Å². The zero-order valence-electron chi connectivity index (χ0n) is 30.7. The summed E-state index contributed by atoms with van der Waals surface area (Å²) in [4.78, 5) is 2.40. The van der Waals surface area contributed by atoms with Gasteiger partial charge in [0.15, 0.2) is 0 Å². The lowest BCUT2D eigenvalue weighted by atomic mass is 9.89. The van der Waals surface area contributed by atoms with E-state index in [1.807, 2.05) is 12.1 Å². The molecule has 0 fully saturated rings. The van der Waals surface area contributed by atoms with Gasteiger partial charge in [-0.05, 0) is 74.8 Å². The molecule has 56 heavy (non-hydrogen) atoms. The van der Waals surface area contributed by atoms with E-state index < -0.39 is 0 Å². The second kappa shape index (κ2) is 14.4. The molecule has 0 radical (unpaired) electrons. The van der Waals surface area contributed by atoms with Gasteiger partial charge in [-0.15, -0.1) is 0 Å². The second-order valence-corrected chi connectivity index (χ2v) is 14.1. The molecule has 0 bridgehead atoms. The molecule has 0 unspecified atom stereocenters. The van der Waals surface area contributed by atoms with E-state index in [9.17, 15) is 0 Å². The molecule has 2 heteroatoms. The first kappa shape index (κ1) is 33.2. The van der Waals surface area contributed by atoms with Crippen LogP contribution in [-0.2, 0) is 0 Å². The highest BCUT2D eigenvalue weighted by molar-refractivity contribution is 6.07. The highest BCUT2D eigenvalue weighted by Crippen LogP contribution is 2.48. The minimum Gasteiger partial charge on any atom is -0.456 e. The fraction of sp³-hybridized carbons (Fsp3) is 0. The predicted octanol–water partition coefficient (Wildman–Crippen LogP) is 15.4. The summed E-state index contributed by atoms with van der Waals surface area (Å²) < 4.78 is 6.49. The number of hydrogen-bond donors (Lipinski definition) is 0. The molecule has 0 saturated carbocycles. The number of anilines is 3. The van der Waals surface area contributed by atoms with Gasteiger partial charge in [0.2, 0.25) is 0 Å². The topological polar surface area (TPSA) is 16.4 Å². The van der Waals surface area contributed by atoms with Crippen LogP contribution in [0.2, 0.25) is 0 Å². The van der Waals surface area contributed by atoms with Crippen LogP contribution in [-0.4, -0.2) is 0 Å². The van der Waals surface area contributed by atoms with Gasteiger partial charge in [0, 0.05) is 39.3 Å². The van der Waals surface area contributed by atoms with Crippen LogP contribution in [0.25, 0.3) is 77.6 Å². The number of benzene rings is 9. The summed E-state index contributed by atoms with van der Waals surface area (Å²) in [6, 6.07) is 80.0. The van der Waals surface area contributed by atoms with Crippen LogP contribution in [0.15, 0.2) is 229 Å². The monoisotopic (exact) mass is 715 g/mol. The summed E-state index contributed by atoms with van der Waals surface area (Å²) in [5, 5.41) is 2.22. The molecule has 0 saturated heterocycles. The molecule has 0 aliphatic carbocycles. The van der Waals surface area contributed by atoms with Crippen molar-refractivity contribution in [2.45, 2.75) is 0 Å². The number of nitrogens with zero attached hydrogens (tertiary/aromatic N) is 1. The minimum absolute atomic E-state index is 0.856. The Morgan fingerprint density at radius 1 is 0.268 bits per heavy atom.